The molecule has 8 nitrogen and oxygen atoms in total. The number of hydrogen-bond acceptors (Lipinski definition) is 5. The van der Waals surface area contributed by atoms with Crippen molar-refractivity contribution in [3.8, 4) is 11.4 Å². The molecule has 0 radical (unpaired) electrons. The Morgan fingerprint density at radius 2 is 2.00 bits per heavy atom. The summed E-state index contributed by atoms with van der Waals surface area (Å²) >= 11 is 0. The van der Waals surface area contributed by atoms with Gasteiger partial charge in [-0.25, -0.2) is 9.48 Å². The molecular formula is C18H23N5O3. The van der Waals surface area contributed by atoms with Gasteiger partial charge in [0.05, 0.1) is 12.2 Å². The quantitative estimate of drug-likeness (QED) is 0.818. The number of rotatable bonds is 4. The zero-order valence-electron chi connectivity index (χ0n) is 15.0. The number of pyridine rings is 1. The van der Waals surface area contributed by atoms with Crippen LogP contribution in [-0.2, 0) is 16.1 Å². The summed E-state index contributed by atoms with van der Waals surface area (Å²) in [4.78, 5) is 31.4. The Bertz CT molecular complexity index is 845. The highest BCUT2D eigenvalue weighted by atomic mass is 16.5. The largest absolute Gasteiger partial charge is 0.372 e. The van der Waals surface area contributed by atoms with Crippen LogP contribution in [0.4, 0.5) is 0 Å². The zero-order valence-corrected chi connectivity index (χ0v) is 15.0. The number of carbonyl (C=O) groups is 1. The van der Waals surface area contributed by atoms with E-state index >= 15 is 0 Å². The fourth-order valence-electron chi connectivity index (χ4n) is 3.49. The summed E-state index contributed by atoms with van der Waals surface area (Å²) in [7, 11) is 0. The number of carbonyl (C=O) groups excluding carboxylic acids is 1. The Morgan fingerprint density at radius 1 is 1.27 bits per heavy atom. The van der Waals surface area contributed by atoms with Gasteiger partial charge < -0.3 is 9.64 Å². The molecule has 26 heavy (non-hydrogen) atoms. The molecule has 2 fully saturated rings. The third-order valence-corrected chi connectivity index (χ3v) is 4.76. The fourth-order valence-corrected chi connectivity index (χ4v) is 3.49. The lowest BCUT2D eigenvalue weighted by atomic mass is 10.2. The zero-order chi connectivity index (χ0) is 18.3. The number of nitrogens with zero attached hydrogens (tertiary/aromatic N) is 5. The second-order valence-electron chi connectivity index (χ2n) is 7.16. The number of ether oxygens (including phenoxy) is 1. The minimum absolute atomic E-state index is 0.00519. The van der Waals surface area contributed by atoms with Crippen molar-refractivity contribution in [1.29, 1.82) is 0 Å². The summed E-state index contributed by atoms with van der Waals surface area (Å²) in [5, 5.41) is 4.46. The molecule has 2 unspecified atom stereocenters. The van der Waals surface area contributed by atoms with E-state index in [1.807, 2.05) is 26.0 Å². The second kappa shape index (κ2) is 6.68. The van der Waals surface area contributed by atoms with Gasteiger partial charge in [0.1, 0.15) is 6.54 Å². The molecule has 1 aliphatic carbocycles. The highest BCUT2D eigenvalue weighted by Gasteiger charge is 2.32. The summed E-state index contributed by atoms with van der Waals surface area (Å²) in [5.74, 6) is 0.481. The maximum Gasteiger partial charge on any atom is 0.346 e. The van der Waals surface area contributed by atoms with E-state index in [1.54, 1.807) is 21.9 Å². The predicted octanol–water partition coefficient (Wildman–Crippen LogP) is 1.08. The van der Waals surface area contributed by atoms with Crippen molar-refractivity contribution >= 4 is 5.91 Å². The van der Waals surface area contributed by atoms with Crippen LogP contribution in [0.25, 0.3) is 11.4 Å². The van der Waals surface area contributed by atoms with Crippen molar-refractivity contribution in [2.45, 2.75) is 51.5 Å². The highest BCUT2D eigenvalue weighted by molar-refractivity contribution is 5.76. The summed E-state index contributed by atoms with van der Waals surface area (Å²) < 4.78 is 8.66. The van der Waals surface area contributed by atoms with Gasteiger partial charge in [-0.15, -0.1) is 5.10 Å². The Hall–Kier alpha value is -2.48. The molecule has 1 saturated carbocycles. The monoisotopic (exact) mass is 357 g/mol. The molecule has 2 aromatic heterocycles. The van der Waals surface area contributed by atoms with Gasteiger partial charge in [-0.1, -0.05) is 0 Å². The van der Waals surface area contributed by atoms with Gasteiger partial charge in [0, 0.05) is 37.1 Å². The molecule has 2 atom stereocenters. The molecule has 0 aromatic carbocycles. The van der Waals surface area contributed by atoms with Crippen molar-refractivity contribution in [3.63, 3.8) is 0 Å². The van der Waals surface area contributed by atoms with E-state index in [2.05, 4.69) is 10.1 Å². The van der Waals surface area contributed by atoms with Gasteiger partial charge in [-0.05, 0) is 38.8 Å². The average Bonchev–Trinajstić information content (AvgIpc) is 3.40. The van der Waals surface area contributed by atoms with Crippen LogP contribution in [0.3, 0.4) is 0 Å². The Morgan fingerprint density at radius 3 is 2.62 bits per heavy atom. The predicted molar refractivity (Wildman–Crippen MR) is 94.6 cm³/mol. The van der Waals surface area contributed by atoms with E-state index < -0.39 is 0 Å². The van der Waals surface area contributed by atoms with E-state index in [0.29, 0.717) is 18.9 Å². The van der Waals surface area contributed by atoms with Crippen LogP contribution in [0.5, 0.6) is 0 Å². The minimum atomic E-state index is -0.228. The lowest BCUT2D eigenvalue weighted by molar-refractivity contribution is -0.144. The standard InChI is InChI=1S/C18H23N5O3/c1-12-9-21(10-13(2)26-12)16(24)11-22-18(25)23(15-5-6-15)17(20-22)14-4-3-7-19-8-14/h3-4,7-8,12-13,15H,5-6,9-11H2,1-2H3. The molecular weight excluding hydrogens is 334 g/mol. The van der Waals surface area contributed by atoms with Gasteiger partial charge in [0.2, 0.25) is 5.91 Å². The summed E-state index contributed by atoms with van der Waals surface area (Å²) in [5.41, 5.74) is 0.561. The van der Waals surface area contributed by atoms with Gasteiger partial charge in [-0.2, -0.15) is 0 Å². The third kappa shape index (κ3) is 3.29. The minimum Gasteiger partial charge on any atom is -0.372 e. The molecule has 8 heteroatoms. The molecule has 138 valence electrons. The molecule has 1 aliphatic heterocycles. The molecule has 1 saturated heterocycles. The van der Waals surface area contributed by atoms with Crippen LogP contribution in [0.1, 0.15) is 32.7 Å². The summed E-state index contributed by atoms with van der Waals surface area (Å²) in [6, 6.07) is 3.87. The molecule has 1 amide bonds. The molecule has 2 aliphatic rings. The third-order valence-electron chi connectivity index (χ3n) is 4.76. The highest BCUT2D eigenvalue weighted by Crippen LogP contribution is 2.36. The van der Waals surface area contributed by atoms with Gasteiger partial charge >= 0.3 is 5.69 Å². The normalized spacial score (nSPS) is 23.2. The van der Waals surface area contributed by atoms with Crippen molar-refractivity contribution in [1.82, 2.24) is 24.2 Å². The van der Waals surface area contributed by atoms with Gasteiger partial charge in [0.25, 0.3) is 0 Å². The lowest BCUT2D eigenvalue weighted by Crippen LogP contribution is -2.49. The van der Waals surface area contributed by atoms with Crippen LogP contribution in [0.15, 0.2) is 29.3 Å². The number of morpholine rings is 1. The first kappa shape index (κ1) is 17.0. The second-order valence-corrected chi connectivity index (χ2v) is 7.16. The van der Waals surface area contributed by atoms with E-state index in [0.717, 1.165) is 18.4 Å². The molecule has 0 spiro atoms. The molecule has 0 N–H and O–H groups in total. The first-order valence-electron chi connectivity index (χ1n) is 9.06. The van der Waals surface area contributed by atoms with Crippen molar-refractivity contribution in [2.75, 3.05) is 13.1 Å². The van der Waals surface area contributed by atoms with Crippen molar-refractivity contribution in [3.05, 3.63) is 35.0 Å². The topological polar surface area (TPSA) is 82.3 Å². The molecule has 0 bridgehead atoms. The first-order chi connectivity index (χ1) is 12.5. The Balaban J connectivity index is 1.61. The number of hydrogen-bond donors (Lipinski definition) is 0. The van der Waals surface area contributed by atoms with Crippen molar-refractivity contribution in [2.24, 2.45) is 0 Å². The molecule has 2 aromatic rings. The van der Waals surface area contributed by atoms with Crippen LogP contribution in [-0.4, -0.2) is 55.4 Å². The smallest absolute Gasteiger partial charge is 0.346 e. The van der Waals surface area contributed by atoms with Crippen molar-refractivity contribution < 1.29 is 9.53 Å². The SMILES string of the molecule is CC1CN(C(=O)Cn2nc(-c3cccnc3)n(C3CC3)c2=O)CC(C)O1. The Kier molecular flexibility index (Phi) is 4.36. The van der Waals surface area contributed by atoms with E-state index in [-0.39, 0.29) is 36.4 Å². The average molecular weight is 357 g/mol. The maximum absolute atomic E-state index is 12.8. The fraction of sp³-hybridized carbons (Fsp3) is 0.556. The van der Waals surface area contributed by atoms with Crippen LogP contribution < -0.4 is 5.69 Å². The molecule has 3 heterocycles. The lowest BCUT2D eigenvalue weighted by Gasteiger charge is -2.35. The van der Waals surface area contributed by atoms with E-state index in [4.69, 9.17) is 4.74 Å². The van der Waals surface area contributed by atoms with E-state index in [9.17, 15) is 9.59 Å². The summed E-state index contributed by atoms with van der Waals surface area (Å²) in [6.07, 6.45) is 5.29. The van der Waals surface area contributed by atoms with Crippen LogP contribution in [0, 0.1) is 0 Å². The summed E-state index contributed by atoms with van der Waals surface area (Å²) in [6.45, 7) is 4.92. The van der Waals surface area contributed by atoms with Crippen LogP contribution >= 0.6 is 0 Å². The molecule has 4 rings (SSSR count). The maximum atomic E-state index is 12.8. The van der Waals surface area contributed by atoms with Gasteiger partial charge in [-0.3, -0.25) is 14.3 Å². The van der Waals surface area contributed by atoms with Crippen LogP contribution in [0.2, 0.25) is 0 Å². The number of amides is 1. The number of aromatic nitrogens is 4. The van der Waals surface area contributed by atoms with Gasteiger partial charge in [0.15, 0.2) is 5.82 Å². The Labute approximate surface area is 151 Å². The first-order valence-corrected chi connectivity index (χ1v) is 9.06. The van der Waals surface area contributed by atoms with E-state index in [1.165, 1.54) is 4.68 Å².